The van der Waals surface area contributed by atoms with Crippen molar-refractivity contribution in [2.75, 3.05) is 13.2 Å². The van der Waals surface area contributed by atoms with Gasteiger partial charge in [-0.2, -0.15) is 0 Å². The standard InChI is InChI=1S/C30H48O6/c1-19(21(3)14-16-35-29-28(34)27(33)26(32)25(18-31)36-29)11-8-9-12-20(2)23(5)17-24-22(4)13-10-15-30(24,6)7/h11-12,14,17,25-29,31-34H,8-10,13,15-16,18H2,1-7H3/b19-11+,20-12+,21-14+,23-17+/t25-,26-,27+,28-,29?/m1/s1. The molecule has 1 heterocycles. The number of aliphatic hydroxyl groups is 4. The number of ether oxygens (including phenoxy) is 2. The Labute approximate surface area is 217 Å². The predicted octanol–water partition coefficient (Wildman–Crippen LogP) is 4.89. The Morgan fingerprint density at radius 1 is 0.917 bits per heavy atom. The molecule has 36 heavy (non-hydrogen) atoms. The molecule has 0 bridgehead atoms. The molecule has 1 unspecified atom stereocenters. The molecule has 4 N–H and O–H groups in total. The summed E-state index contributed by atoms with van der Waals surface area (Å²) in [5.74, 6) is 0. The topological polar surface area (TPSA) is 99.4 Å². The van der Waals surface area contributed by atoms with E-state index < -0.39 is 37.3 Å². The Morgan fingerprint density at radius 2 is 1.50 bits per heavy atom. The van der Waals surface area contributed by atoms with Crippen molar-refractivity contribution in [1.29, 1.82) is 0 Å². The number of hydrogen-bond acceptors (Lipinski definition) is 6. The molecule has 0 saturated carbocycles. The SMILES string of the molecule is CC1=C(/C=C(C)/C(C)=C/CC/C=C(C)/C(C)=C/COC2O[C@H](CO)[C@@H](O)[C@H](O)[C@H]2O)C(C)(C)CCC1. The van der Waals surface area contributed by atoms with Crippen LogP contribution < -0.4 is 0 Å². The molecule has 1 fully saturated rings. The summed E-state index contributed by atoms with van der Waals surface area (Å²) in [5.41, 5.74) is 8.13. The summed E-state index contributed by atoms with van der Waals surface area (Å²) in [6, 6.07) is 0. The third-order valence-corrected chi connectivity index (χ3v) is 7.71. The minimum Gasteiger partial charge on any atom is -0.394 e. The van der Waals surface area contributed by atoms with E-state index in [4.69, 9.17) is 9.47 Å². The van der Waals surface area contributed by atoms with E-state index in [9.17, 15) is 20.4 Å². The first-order valence-electron chi connectivity index (χ1n) is 13.2. The molecule has 1 aliphatic carbocycles. The van der Waals surface area contributed by atoms with E-state index >= 15 is 0 Å². The van der Waals surface area contributed by atoms with E-state index in [1.54, 1.807) is 0 Å². The molecule has 6 nitrogen and oxygen atoms in total. The van der Waals surface area contributed by atoms with Gasteiger partial charge in [-0.3, -0.25) is 0 Å². The maximum Gasteiger partial charge on any atom is 0.187 e. The fraction of sp³-hybridized carbons (Fsp3) is 0.667. The highest BCUT2D eigenvalue weighted by Crippen LogP contribution is 2.41. The van der Waals surface area contributed by atoms with Gasteiger partial charge in [-0.25, -0.2) is 0 Å². The second kappa shape index (κ2) is 13.8. The third kappa shape index (κ3) is 8.23. The first kappa shape index (κ1) is 30.7. The maximum atomic E-state index is 10.1. The smallest absolute Gasteiger partial charge is 0.187 e. The normalized spacial score (nSPS) is 30.7. The van der Waals surface area contributed by atoms with E-state index in [-0.39, 0.29) is 12.0 Å². The van der Waals surface area contributed by atoms with Crippen molar-refractivity contribution in [3.05, 3.63) is 57.7 Å². The Kier molecular flexibility index (Phi) is 11.8. The summed E-state index contributed by atoms with van der Waals surface area (Å²) in [6.45, 7) is 15.1. The van der Waals surface area contributed by atoms with Gasteiger partial charge < -0.3 is 29.9 Å². The fourth-order valence-electron chi connectivity index (χ4n) is 4.85. The number of rotatable bonds is 10. The lowest BCUT2D eigenvalue weighted by Crippen LogP contribution is -2.59. The van der Waals surface area contributed by atoms with Gasteiger partial charge in [-0.05, 0) is 83.3 Å². The van der Waals surface area contributed by atoms with Gasteiger partial charge in [0.05, 0.1) is 13.2 Å². The van der Waals surface area contributed by atoms with Crippen LogP contribution in [-0.2, 0) is 9.47 Å². The minimum atomic E-state index is -1.43. The summed E-state index contributed by atoms with van der Waals surface area (Å²) < 4.78 is 10.9. The summed E-state index contributed by atoms with van der Waals surface area (Å²) in [5, 5.41) is 39.1. The molecule has 0 aromatic heterocycles. The largest absolute Gasteiger partial charge is 0.394 e. The quantitative estimate of drug-likeness (QED) is 0.250. The first-order valence-corrected chi connectivity index (χ1v) is 13.2. The van der Waals surface area contributed by atoms with Crippen LogP contribution >= 0.6 is 0 Å². The van der Waals surface area contributed by atoms with Crippen LogP contribution in [0.2, 0.25) is 0 Å². The Bertz CT molecular complexity index is 889. The van der Waals surface area contributed by atoms with E-state index in [2.05, 4.69) is 59.8 Å². The number of aliphatic hydroxyl groups excluding tert-OH is 4. The molecule has 2 aliphatic rings. The van der Waals surface area contributed by atoms with Gasteiger partial charge in [0.2, 0.25) is 0 Å². The first-order chi connectivity index (χ1) is 16.9. The molecular weight excluding hydrogens is 456 g/mol. The molecule has 0 amide bonds. The Balaban J connectivity index is 1.88. The van der Waals surface area contributed by atoms with Crippen LogP contribution in [0.5, 0.6) is 0 Å². The molecule has 0 spiro atoms. The molecule has 0 radical (unpaired) electrons. The van der Waals surface area contributed by atoms with Crippen LogP contribution in [-0.4, -0.2) is 64.3 Å². The van der Waals surface area contributed by atoms with Gasteiger partial charge in [0.1, 0.15) is 24.4 Å². The van der Waals surface area contributed by atoms with Crippen LogP contribution in [0, 0.1) is 5.41 Å². The van der Waals surface area contributed by atoms with Crippen molar-refractivity contribution in [2.45, 2.75) is 111 Å². The van der Waals surface area contributed by atoms with Gasteiger partial charge in [-0.15, -0.1) is 0 Å². The lowest BCUT2D eigenvalue weighted by atomic mass is 9.72. The lowest BCUT2D eigenvalue weighted by Gasteiger charge is -2.39. The molecule has 6 heteroatoms. The zero-order valence-electron chi connectivity index (χ0n) is 23.3. The van der Waals surface area contributed by atoms with E-state index in [1.165, 1.54) is 41.6 Å². The second-order valence-corrected chi connectivity index (χ2v) is 11.0. The highest BCUT2D eigenvalue weighted by atomic mass is 16.7. The van der Waals surface area contributed by atoms with Crippen LogP contribution in [0.4, 0.5) is 0 Å². The third-order valence-electron chi connectivity index (χ3n) is 7.71. The molecule has 2 rings (SSSR count). The Morgan fingerprint density at radius 3 is 2.08 bits per heavy atom. The second-order valence-electron chi connectivity index (χ2n) is 11.0. The summed E-state index contributed by atoms with van der Waals surface area (Å²) in [7, 11) is 0. The van der Waals surface area contributed by atoms with Crippen molar-refractivity contribution in [1.82, 2.24) is 0 Å². The molecule has 5 atom stereocenters. The zero-order chi connectivity index (χ0) is 27.0. The van der Waals surface area contributed by atoms with Crippen molar-refractivity contribution < 1.29 is 29.9 Å². The summed E-state index contributed by atoms with van der Waals surface area (Å²) in [4.78, 5) is 0. The number of hydrogen-bond donors (Lipinski definition) is 4. The monoisotopic (exact) mass is 504 g/mol. The highest BCUT2D eigenvalue weighted by Gasteiger charge is 2.43. The Hall–Kier alpha value is -1.54. The van der Waals surface area contributed by atoms with Crippen molar-refractivity contribution in [3.8, 4) is 0 Å². The summed E-state index contributed by atoms with van der Waals surface area (Å²) in [6.07, 6.45) is 8.15. The average Bonchev–Trinajstić information content (AvgIpc) is 2.83. The molecule has 1 saturated heterocycles. The molecule has 204 valence electrons. The number of unbranched alkanes of at least 4 members (excludes halogenated alkanes) is 1. The minimum absolute atomic E-state index is 0.175. The van der Waals surface area contributed by atoms with Gasteiger partial charge >= 0.3 is 0 Å². The molecule has 1 aliphatic heterocycles. The van der Waals surface area contributed by atoms with E-state index in [1.807, 2.05) is 13.0 Å². The lowest BCUT2D eigenvalue weighted by molar-refractivity contribution is -0.298. The van der Waals surface area contributed by atoms with Crippen LogP contribution in [0.1, 0.15) is 80.6 Å². The van der Waals surface area contributed by atoms with Crippen LogP contribution in [0.25, 0.3) is 0 Å². The zero-order valence-corrected chi connectivity index (χ0v) is 23.3. The van der Waals surface area contributed by atoms with Gasteiger partial charge in [0.25, 0.3) is 0 Å². The molecule has 0 aromatic carbocycles. The van der Waals surface area contributed by atoms with Crippen LogP contribution in [0.15, 0.2) is 57.7 Å². The predicted molar refractivity (Wildman–Crippen MR) is 144 cm³/mol. The fourth-order valence-corrected chi connectivity index (χ4v) is 4.85. The maximum absolute atomic E-state index is 10.1. The van der Waals surface area contributed by atoms with Crippen molar-refractivity contribution >= 4 is 0 Å². The molecular formula is C30H48O6. The van der Waals surface area contributed by atoms with Gasteiger partial charge in [0, 0.05) is 0 Å². The highest BCUT2D eigenvalue weighted by molar-refractivity contribution is 5.40. The average molecular weight is 505 g/mol. The van der Waals surface area contributed by atoms with Gasteiger partial charge in [-0.1, -0.05) is 60.4 Å². The van der Waals surface area contributed by atoms with Crippen molar-refractivity contribution in [2.24, 2.45) is 5.41 Å². The van der Waals surface area contributed by atoms with Crippen molar-refractivity contribution in [3.63, 3.8) is 0 Å². The van der Waals surface area contributed by atoms with E-state index in [0.29, 0.717) is 0 Å². The number of allylic oxidation sites excluding steroid dienone is 9. The van der Waals surface area contributed by atoms with Gasteiger partial charge in [0.15, 0.2) is 6.29 Å². The molecule has 0 aromatic rings. The van der Waals surface area contributed by atoms with Crippen LogP contribution in [0.3, 0.4) is 0 Å². The van der Waals surface area contributed by atoms with E-state index in [0.717, 1.165) is 24.0 Å². The summed E-state index contributed by atoms with van der Waals surface area (Å²) >= 11 is 0.